The van der Waals surface area contributed by atoms with E-state index >= 15 is 0 Å². The molecule has 2 aromatic rings. The van der Waals surface area contributed by atoms with Gasteiger partial charge in [-0.15, -0.1) is 0 Å². The fourth-order valence-corrected chi connectivity index (χ4v) is 4.84. The van der Waals surface area contributed by atoms with Crippen LogP contribution in [0, 0.1) is 12.3 Å². The molecule has 2 fully saturated rings. The Morgan fingerprint density at radius 1 is 1.20 bits per heavy atom. The number of aryl methyl sites for hydroxylation is 2. The van der Waals surface area contributed by atoms with Gasteiger partial charge in [0, 0.05) is 32.1 Å². The van der Waals surface area contributed by atoms with Crippen LogP contribution < -0.4 is 0 Å². The highest BCUT2D eigenvalue weighted by atomic mass is 19.3. The van der Waals surface area contributed by atoms with Crippen molar-refractivity contribution in [2.24, 2.45) is 12.5 Å². The molecular formula is C22H26F2N4O2. The number of rotatable bonds is 3. The minimum atomic E-state index is -3.11. The van der Waals surface area contributed by atoms with Gasteiger partial charge in [0.2, 0.25) is 5.91 Å². The third-order valence-corrected chi connectivity index (χ3v) is 6.10. The summed E-state index contributed by atoms with van der Waals surface area (Å²) in [5, 5.41) is 4.30. The molecule has 2 amide bonds. The number of carbonyl (C=O) groups is 2. The first-order chi connectivity index (χ1) is 14.2. The molecule has 6 nitrogen and oxygen atoms in total. The second-order valence-corrected chi connectivity index (χ2v) is 8.57. The third kappa shape index (κ3) is 3.82. The number of piperidine rings is 2. The summed E-state index contributed by atoms with van der Waals surface area (Å²) in [4.78, 5) is 29.1. The molecule has 1 aromatic carbocycles. The molecule has 0 unspecified atom stereocenters. The van der Waals surface area contributed by atoms with E-state index in [1.165, 1.54) is 0 Å². The lowest BCUT2D eigenvalue weighted by molar-refractivity contribution is -0.166. The molecule has 0 aliphatic carbocycles. The number of hydrogen-bond donors (Lipinski definition) is 0. The van der Waals surface area contributed by atoms with E-state index in [4.69, 9.17) is 0 Å². The van der Waals surface area contributed by atoms with Gasteiger partial charge in [-0.3, -0.25) is 14.3 Å². The third-order valence-electron chi connectivity index (χ3n) is 6.10. The first kappa shape index (κ1) is 20.5. The summed E-state index contributed by atoms with van der Waals surface area (Å²) in [7, 11) is 1.81. The van der Waals surface area contributed by atoms with Crippen LogP contribution in [0.4, 0.5) is 8.78 Å². The Bertz CT molecular complexity index is 959. The van der Waals surface area contributed by atoms with Crippen molar-refractivity contribution < 1.29 is 18.4 Å². The average Bonchev–Trinajstić information content (AvgIpc) is 3.01. The summed E-state index contributed by atoms with van der Waals surface area (Å²) < 4.78 is 31.3. The molecule has 0 radical (unpaired) electrons. The molecule has 4 rings (SSSR count). The number of nitrogens with zero attached hydrogens (tertiary/aromatic N) is 4. The molecule has 1 atom stereocenters. The summed E-state index contributed by atoms with van der Waals surface area (Å²) >= 11 is 0. The molecule has 2 saturated heterocycles. The van der Waals surface area contributed by atoms with Crippen LogP contribution in [0.2, 0.25) is 0 Å². The maximum Gasteiger partial charge on any atom is 0.266 e. The maximum atomic E-state index is 14.8. The van der Waals surface area contributed by atoms with Crippen LogP contribution in [-0.4, -0.2) is 57.0 Å². The van der Waals surface area contributed by atoms with Crippen molar-refractivity contribution in [3.63, 3.8) is 0 Å². The first-order valence-electron chi connectivity index (χ1n) is 10.2. The zero-order valence-corrected chi connectivity index (χ0v) is 17.3. The van der Waals surface area contributed by atoms with E-state index in [0.717, 1.165) is 16.3 Å². The van der Waals surface area contributed by atoms with Crippen LogP contribution in [-0.2, 0) is 18.4 Å². The van der Waals surface area contributed by atoms with Crippen molar-refractivity contribution in [1.29, 1.82) is 0 Å². The predicted molar refractivity (Wildman–Crippen MR) is 107 cm³/mol. The van der Waals surface area contributed by atoms with Crippen molar-refractivity contribution in [2.75, 3.05) is 19.6 Å². The Kier molecular flexibility index (Phi) is 5.11. The monoisotopic (exact) mass is 416 g/mol. The number of benzene rings is 1. The average molecular weight is 416 g/mol. The molecule has 1 spiro atoms. The fraction of sp³-hybridized carbons (Fsp3) is 0.500. The Labute approximate surface area is 174 Å². The lowest BCUT2D eigenvalue weighted by atomic mass is 9.71. The molecule has 0 bridgehead atoms. The number of halogens is 2. The second kappa shape index (κ2) is 7.49. The highest BCUT2D eigenvalue weighted by Gasteiger charge is 2.56. The molecule has 3 heterocycles. The van der Waals surface area contributed by atoms with Crippen molar-refractivity contribution >= 4 is 11.8 Å². The summed E-state index contributed by atoms with van der Waals surface area (Å²) in [6, 6.07) is 10.3. The number of amides is 2. The SMILES string of the molecule is Cc1cc(CN2CCC[C@]3(CN(C(=O)c4ccccc4)CC(F)(F)C3)C2=O)n(C)n1. The minimum absolute atomic E-state index is 0.0239. The maximum absolute atomic E-state index is 14.8. The number of hydrogen-bond acceptors (Lipinski definition) is 3. The van der Waals surface area contributed by atoms with Gasteiger partial charge < -0.3 is 9.80 Å². The topological polar surface area (TPSA) is 58.4 Å². The van der Waals surface area contributed by atoms with E-state index in [1.807, 2.05) is 20.0 Å². The van der Waals surface area contributed by atoms with Crippen LogP contribution >= 0.6 is 0 Å². The van der Waals surface area contributed by atoms with Gasteiger partial charge in [-0.2, -0.15) is 5.10 Å². The zero-order chi connectivity index (χ0) is 21.5. The summed E-state index contributed by atoms with van der Waals surface area (Å²) in [5.41, 5.74) is 0.807. The van der Waals surface area contributed by atoms with Crippen molar-refractivity contribution in [2.45, 2.75) is 38.7 Å². The Morgan fingerprint density at radius 3 is 2.60 bits per heavy atom. The fourth-order valence-electron chi connectivity index (χ4n) is 4.84. The van der Waals surface area contributed by atoms with Crippen LogP contribution in [0.15, 0.2) is 36.4 Å². The lowest BCUT2D eigenvalue weighted by Gasteiger charge is -2.49. The lowest BCUT2D eigenvalue weighted by Crippen LogP contribution is -2.61. The van der Waals surface area contributed by atoms with E-state index in [2.05, 4.69) is 5.10 Å². The van der Waals surface area contributed by atoms with Gasteiger partial charge in [0.05, 0.1) is 29.9 Å². The Morgan fingerprint density at radius 2 is 1.93 bits per heavy atom. The van der Waals surface area contributed by atoms with Gasteiger partial charge in [-0.1, -0.05) is 18.2 Å². The van der Waals surface area contributed by atoms with Crippen LogP contribution in [0.1, 0.15) is 41.0 Å². The normalized spacial score (nSPS) is 23.8. The molecule has 30 heavy (non-hydrogen) atoms. The molecule has 8 heteroatoms. The number of likely N-dealkylation sites (tertiary alicyclic amines) is 2. The molecule has 2 aliphatic heterocycles. The van der Waals surface area contributed by atoms with Gasteiger partial charge in [0.15, 0.2) is 0 Å². The molecule has 0 N–H and O–H groups in total. The second-order valence-electron chi connectivity index (χ2n) is 8.57. The highest BCUT2D eigenvalue weighted by Crippen LogP contribution is 2.45. The largest absolute Gasteiger partial charge is 0.336 e. The highest BCUT2D eigenvalue weighted by molar-refractivity contribution is 5.95. The predicted octanol–water partition coefficient (Wildman–Crippen LogP) is 3.02. The number of carbonyl (C=O) groups excluding carboxylic acids is 2. The Balaban J connectivity index is 1.60. The first-order valence-corrected chi connectivity index (χ1v) is 10.2. The van der Waals surface area contributed by atoms with E-state index in [0.29, 0.717) is 31.5 Å². The van der Waals surface area contributed by atoms with Gasteiger partial charge in [-0.05, 0) is 38.0 Å². The molecular weight excluding hydrogens is 390 g/mol. The number of aromatic nitrogens is 2. The van der Waals surface area contributed by atoms with Crippen molar-refractivity contribution in [3.8, 4) is 0 Å². The standard InChI is InChI=1S/C22H26F2N4O2/c1-16-11-18(26(2)25-16)12-27-10-6-9-21(20(27)30)13-22(23,24)15-28(14-21)19(29)17-7-4-3-5-8-17/h3-5,7-8,11H,6,9-10,12-15H2,1-2H3/t21-/m0/s1. The van der Waals surface area contributed by atoms with Crippen LogP contribution in [0.5, 0.6) is 0 Å². The van der Waals surface area contributed by atoms with Gasteiger partial charge >= 0.3 is 0 Å². The van der Waals surface area contributed by atoms with Crippen molar-refractivity contribution in [3.05, 3.63) is 53.3 Å². The quantitative estimate of drug-likeness (QED) is 0.773. The number of alkyl halides is 2. The summed E-state index contributed by atoms with van der Waals surface area (Å²) in [6.45, 7) is 2.09. The van der Waals surface area contributed by atoms with E-state index in [9.17, 15) is 18.4 Å². The van der Waals surface area contributed by atoms with Gasteiger partial charge in [0.1, 0.15) is 0 Å². The Hall–Kier alpha value is -2.77. The summed E-state index contributed by atoms with van der Waals surface area (Å²) in [5.74, 6) is -3.86. The van der Waals surface area contributed by atoms with Crippen LogP contribution in [0.3, 0.4) is 0 Å². The molecule has 1 aromatic heterocycles. The van der Waals surface area contributed by atoms with Gasteiger partial charge in [-0.25, -0.2) is 8.78 Å². The molecule has 0 saturated carbocycles. The minimum Gasteiger partial charge on any atom is -0.336 e. The molecule has 160 valence electrons. The zero-order valence-electron chi connectivity index (χ0n) is 17.3. The van der Waals surface area contributed by atoms with Crippen LogP contribution in [0.25, 0.3) is 0 Å². The molecule has 2 aliphatic rings. The smallest absolute Gasteiger partial charge is 0.266 e. The van der Waals surface area contributed by atoms with Gasteiger partial charge in [0.25, 0.3) is 11.8 Å². The van der Waals surface area contributed by atoms with Crippen molar-refractivity contribution in [1.82, 2.24) is 19.6 Å². The van der Waals surface area contributed by atoms with E-state index < -0.39 is 30.2 Å². The van der Waals surface area contributed by atoms with E-state index in [1.54, 1.807) is 39.9 Å². The summed E-state index contributed by atoms with van der Waals surface area (Å²) in [6.07, 6.45) is 0.477. The van der Waals surface area contributed by atoms with E-state index in [-0.39, 0.29) is 12.5 Å².